The Labute approximate surface area is 100.0 Å². The number of benzene rings is 1. The van der Waals surface area contributed by atoms with E-state index in [1.54, 1.807) is 26.1 Å². The fourth-order valence-corrected chi connectivity index (χ4v) is 1.34. The average Bonchev–Trinajstić information content (AvgIpc) is 2.28. The highest BCUT2D eigenvalue weighted by Crippen LogP contribution is 2.23. The average molecular weight is 240 g/mol. The van der Waals surface area contributed by atoms with E-state index in [9.17, 15) is 9.18 Å². The van der Waals surface area contributed by atoms with Crippen LogP contribution in [0.1, 0.15) is 12.5 Å². The van der Waals surface area contributed by atoms with Gasteiger partial charge in [0.05, 0.1) is 12.5 Å². The Morgan fingerprint density at radius 1 is 1.59 bits per heavy atom. The molecule has 1 unspecified atom stereocenters. The first-order valence-corrected chi connectivity index (χ1v) is 5.40. The van der Waals surface area contributed by atoms with Crippen LogP contribution in [0.4, 0.5) is 4.39 Å². The SMILES string of the molecule is CNCc1cccc(F)c1OCC(C)C(N)=O. The Kier molecular flexibility index (Phi) is 4.90. The van der Waals surface area contributed by atoms with E-state index >= 15 is 0 Å². The van der Waals surface area contributed by atoms with E-state index in [2.05, 4.69) is 5.32 Å². The summed E-state index contributed by atoms with van der Waals surface area (Å²) in [6.07, 6.45) is 0. The van der Waals surface area contributed by atoms with Gasteiger partial charge in [0.15, 0.2) is 11.6 Å². The van der Waals surface area contributed by atoms with Crippen molar-refractivity contribution in [2.75, 3.05) is 13.7 Å². The van der Waals surface area contributed by atoms with E-state index < -0.39 is 17.6 Å². The molecule has 0 bridgehead atoms. The summed E-state index contributed by atoms with van der Waals surface area (Å²) in [5.74, 6) is -1.17. The molecule has 1 atom stereocenters. The molecule has 0 aliphatic carbocycles. The van der Waals surface area contributed by atoms with Crippen LogP contribution < -0.4 is 15.8 Å². The van der Waals surface area contributed by atoms with Crippen LogP contribution in [0.25, 0.3) is 0 Å². The van der Waals surface area contributed by atoms with Crippen molar-refractivity contribution in [3.05, 3.63) is 29.6 Å². The molecule has 0 fully saturated rings. The van der Waals surface area contributed by atoms with E-state index in [1.165, 1.54) is 6.07 Å². The minimum absolute atomic E-state index is 0.0764. The first-order valence-electron chi connectivity index (χ1n) is 5.40. The molecule has 0 saturated carbocycles. The lowest BCUT2D eigenvalue weighted by atomic mass is 10.1. The summed E-state index contributed by atoms with van der Waals surface area (Å²) >= 11 is 0. The molecule has 4 nitrogen and oxygen atoms in total. The third-order valence-corrected chi connectivity index (χ3v) is 2.38. The van der Waals surface area contributed by atoms with Crippen LogP contribution in [0.2, 0.25) is 0 Å². The first kappa shape index (κ1) is 13.4. The molecular formula is C12H17FN2O2. The minimum Gasteiger partial charge on any atom is -0.489 e. The maximum absolute atomic E-state index is 13.6. The van der Waals surface area contributed by atoms with Crippen LogP contribution in [-0.4, -0.2) is 19.6 Å². The molecule has 5 heteroatoms. The zero-order valence-electron chi connectivity index (χ0n) is 10.00. The van der Waals surface area contributed by atoms with Crippen molar-refractivity contribution in [1.29, 1.82) is 0 Å². The predicted octanol–water partition coefficient (Wildman–Crippen LogP) is 1.05. The van der Waals surface area contributed by atoms with Gasteiger partial charge in [-0.2, -0.15) is 0 Å². The van der Waals surface area contributed by atoms with Crippen molar-refractivity contribution in [1.82, 2.24) is 5.32 Å². The summed E-state index contributed by atoms with van der Waals surface area (Å²) in [7, 11) is 1.76. The van der Waals surface area contributed by atoms with Crippen LogP contribution in [-0.2, 0) is 11.3 Å². The summed E-state index contributed by atoms with van der Waals surface area (Å²) in [4.78, 5) is 10.9. The van der Waals surface area contributed by atoms with Crippen LogP contribution in [0.3, 0.4) is 0 Å². The van der Waals surface area contributed by atoms with Gasteiger partial charge >= 0.3 is 0 Å². The van der Waals surface area contributed by atoms with Gasteiger partial charge in [0, 0.05) is 12.1 Å². The van der Waals surface area contributed by atoms with Gasteiger partial charge in [-0.3, -0.25) is 4.79 Å². The van der Waals surface area contributed by atoms with Crippen molar-refractivity contribution >= 4 is 5.91 Å². The van der Waals surface area contributed by atoms with Gasteiger partial charge < -0.3 is 15.8 Å². The minimum atomic E-state index is -0.462. The molecule has 0 aromatic heterocycles. The second-order valence-corrected chi connectivity index (χ2v) is 3.87. The van der Waals surface area contributed by atoms with E-state index in [0.717, 1.165) is 0 Å². The smallest absolute Gasteiger partial charge is 0.223 e. The van der Waals surface area contributed by atoms with Gasteiger partial charge in [-0.15, -0.1) is 0 Å². The van der Waals surface area contributed by atoms with Gasteiger partial charge in [-0.25, -0.2) is 4.39 Å². The Bertz CT molecular complexity index is 396. The molecule has 1 aromatic carbocycles. The number of hydrogen-bond acceptors (Lipinski definition) is 3. The maximum Gasteiger partial charge on any atom is 0.223 e. The molecule has 0 heterocycles. The number of ether oxygens (including phenoxy) is 1. The highest BCUT2D eigenvalue weighted by Gasteiger charge is 2.13. The number of amides is 1. The fraction of sp³-hybridized carbons (Fsp3) is 0.417. The van der Waals surface area contributed by atoms with E-state index in [-0.39, 0.29) is 12.4 Å². The van der Waals surface area contributed by atoms with Crippen molar-refractivity contribution in [2.24, 2.45) is 11.7 Å². The number of rotatable bonds is 6. The van der Waals surface area contributed by atoms with Crippen LogP contribution >= 0.6 is 0 Å². The predicted molar refractivity (Wildman–Crippen MR) is 63.0 cm³/mol. The van der Waals surface area contributed by atoms with Crippen molar-refractivity contribution in [3.63, 3.8) is 0 Å². The van der Waals surface area contributed by atoms with E-state index in [1.807, 2.05) is 0 Å². The third-order valence-electron chi connectivity index (χ3n) is 2.38. The summed E-state index contributed by atoms with van der Waals surface area (Å²) in [6.45, 7) is 2.21. The fourth-order valence-electron chi connectivity index (χ4n) is 1.34. The lowest BCUT2D eigenvalue weighted by Gasteiger charge is -2.14. The van der Waals surface area contributed by atoms with E-state index in [0.29, 0.717) is 12.1 Å². The molecule has 1 rings (SSSR count). The Morgan fingerprint density at radius 3 is 2.88 bits per heavy atom. The standard InChI is InChI=1S/C12H17FN2O2/c1-8(12(14)16)7-17-11-9(6-15-2)4-3-5-10(11)13/h3-5,8,15H,6-7H2,1-2H3,(H2,14,16). The molecule has 3 N–H and O–H groups in total. The summed E-state index contributed by atoms with van der Waals surface area (Å²) in [5, 5.41) is 2.92. The molecular weight excluding hydrogens is 223 g/mol. The number of primary amides is 1. The molecule has 0 spiro atoms. The van der Waals surface area contributed by atoms with Gasteiger partial charge in [0.2, 0.25) is 5.91 Å². The Balaban J connectivity index is 2.78. The first-order chi connectivity index (χ1) is 8.06. The molecule has 94 valence electrons. The largest absolute Gasteiger partial charge is 0.489 e. The Hall–Kier alpha value is -1.62. The number of hydrogen-bond donors (Lipinski definition) is 2. The lowest BCUT2D eigenvalue weighted by molar-refractivity contribution is -0.122. The summed E-state index contributed by atoms with van der Waals surface area (Å²) < 4.78 is 18.9. The number of nitrogens with one attached hydrogen (secondary N) is 1. The highest BCUT2D eigenvalue weighted by atomic mass is 19.1. The van der Waals surface area contributed by atoms with Gasteiger partial charge in [0.25, 0.3) is 0 Å². The topological polar surface area (TPSA) is 64.3 Å². The highest BCUT2D eigenvalue weighted by molar-refractivity contribution is 5.76. The molecule has 0 radical (unpaired) electrons. The quantitative estimate of drug-likeness (QED) is 0.781. The molecule has 0 aliphatic heterocycles. The van der Waals surface area contributed by atoms with Crippen molar-refractivity contribution < 1.29 is 13.9 Å². The third kappa shape index (κ3) is 3.71. The van der Waals surface area contributed by atoms with Crippen molar-refractivity contribution in [2.45, 2.75) is 13.5 Å². The second kappa shape index (κ2) is 6.20. The van der Waals surface area contributed by atoms with Crippen LogP contribution in [0.5, 0.6) is 5.75 Å². The zero-order chi connectivity index (χ0) is 12.8. The van der Waals surface area contributed by atoms with E-state index in [4.69, 9.17) is 10.5 Å². The summed E-state index contributed by atoms with van der Waals surface area (Å²) in [5.41, 5.74) is 5.82. The maximum atomic E-state index is 13.6. The molecule has 17 heavy (non-hydrogen) atoms. The van der Waals surface area contributed by atoms with Crippen LogP contribution in [0.15, 0.2) is 18.2 Å². The monoisotopic (exact) mass is 240 g/mol. The molecule has 0 aliphatic rings. The molecule has 0 saturated heterocycles. The number of halogens is 1. The summed E-state index contributed by atoms with van der Waals surface area (Å²) in [6, 6.07) is 4.71. The van der Waals surface area contributed by atoms with Gasteiger partial charge in [-0.1, -0.05) is 19.1 Å². The lowest BCUT2D eigenvalue weighted by Crippen LogP contribution is -2.26. The number of carbonyl (C=O) groups excluding carboxylic acids is 1. The molecule has 1 amide bonds. The van der Waals surface area contributed by atoms with Gasteiger partial charge in [-0.05, 0) is 13.1 Å². The van der Waals surface area contributed by atoms with Gasteiger partial charge in [0.1, 0.15) is 0 Å². The van der Waals surface area contributed by atoms with Crippen LogP contribution in [0, 0.1) is 11.7 Å². The Morgan fingerprint density at radius 2 is 2.29 bits per heavy atom. The zero-order valence-corrected chi connectivity index (χ0v) is 10.00. The number of carbonyl (C=O) groups is 1. The number of nitrogens with two attached hydrogens (primary N) is 1. The normalized spacial score (nSPS) is 12.2. The molecule has 1 aromatic rings. The number of para-hydroxylation sites is 1. The van der Waals surface area contributed by atoms with Crippen molar-refractivity contribution in [3.8, 4) is 5.75 Å². The second-order valence-electron chi connectivity index (χ2n) is 3.87.